The third-order valence-corrected chi connectivity index (χ3v) is 2.36. The fourth-order valence-corrected chi connectivity index (χ4v) is 1.55. The molecule has 0 aliphatic heterocycles. The number of carbonyl (C=O) groups is 1. The molecule has 0 atom stereocenters. The van der Waals surface area contributed by atoms with Gasteiger partial charge >= 0.3 is 0 Å². The fourth-order valence-electron chi connectivity index (χ4n) is 1.28. The smallest absolute Gasteiger partial charge is 0.266 e. The molecule has 0 saturated heterocycles. The van der Waals surface area contributed by atoms with Gasteiger partial charge in [-0.25, -0.2) is 4.39 Å². The summed E-state index contributed by atoms with van der Waals surface area (Å²) in [6, 6.07) is 5.38. The Hall–Kier alpha value is -1.88. The van der Waals surface area contributed by atoms with Gasteiger partial charge in [-0.15, -0.1) is 0 Å². The Morgan fingerprint density at radius 3 is 2.75 bits per heavy atom. The third-order valence-electron chi connectivity index (χ3n) is 2.05. The first-order chi connectivity index (χ1) is 7.58. The molecule has 3 N–H and O–H groups in total. The number of aromatic amines is 1. The van der Waals surface area contributed by atoms with Crippen LogP contribution in [0.4, 0.5) is 4.39 Å². The van der Waals surface area contributed by atoms with Crippen molar-refractivity contribution in [3.8, 4) is 11.3 Å². The molecule has 2 rings (SSSR count). The zero-order valence-electron chi connectivity index (χ0n) is 8.00. The zero-order valence-corrected chi connectivity index (χ0v) is 8.75. The van der Waals surface area contributed by atoms with Crippen molar-refractivity contribution >= 4 is 17.5 Å². The lowest BCUT2D eigenvalue weighted by Gasteiger charge is -1.99. The summed E-state index contributed by atoms with van der Waals surface area (Å²) in [5.74, 6) is -1.05. The van der Waals surface area contributed by atoms with Gasteiger partial charge in [0.05, 0.1) is 10.7 Å². The maximum absolute atomic E-state index is 12.8. The highest BCUT2D eigenvalue weighted by Crippen LogP contribution is 2.27. The van der Waals surface area contributed by atoms with Gasteiger partial charge in [0.25, 0.3) is 5.91 Å². The number of aromatic nitrogens is 2. The minimum atomic E-state index is -0.614. The number of rotatable bonds is 2. The summed E-state index contributed by atoms with van der Waals surface area (Å²) in [6.45, 7) is 0. The van der Waals surface area contributed by atoms with Crippen LogP contribution in [0.5, 0.6) is 0 Å². The molecule has 0 saturated carbocycles. The average molecular weight is 240 g/mol. The lowest BCUT2D eigenvalue weighted by Crippen LogP contribution is -2.10. The predicted molar refractivity (Wildman–Crippen MR) is 57.5 cm³/mol. The summed E-state index contributed by atoms with van der Waals surface area (Å²) in [5, 5.41) is 6.56. The van der Waals surface area contributed by atoms with Gasteiger partial charge in [-0.2, -0.15) is 5.10 Å². The standard InChI is InChI=1S/C10H7ClFN3O/c11-7-3-5(12)1-2-6(7)8-4-9(10(13)16)15-14-8/h1-4H,(H2,13,16)(H,14,15). The number of H-pyrrole nitrogens is 1. The van der Waals surface area contributed by atoms with Crippen molar-refractivity contribution in [3.63, 3.8) is 0 Å². The van der Waals surface area contributed by atoms with E-state index in [1.807, 2.05) is 0 Å². The van der Waals surface area contributed by atoms with Crippen molar-refractivity contribution in [2.45, 2.75) is 0 Å². The maximum Gasteiger partial charge on any atom is 0.266 e. The van der Waals surface area contributed by atoms with Gasteiger partial charge in [-0.3, -0.25) is 9.89 Å². The molecule has 2 aromatic rings. The van der Waals surface area contributed by atoms with Crippen molar-refractivity contribution in [3.05, 3.63) is 40.8 Å². The molecule has 0 aliphatic carbocycles. The van der Waals surface area contributed by atoms with E-state index in [2.05, 4.69) is 10.2 Å². The number of hydrogen-bond acceptors (Lipinski definition) is 2. The van der Waals surface area contributed by atoms with Crippen molar-refractivity contribution in [1.29, 1.82) is 0 Å². The first-order valence-corrected chi connectivity index (χ1v) is 4.76. The lowest BCUT2D eigenvalue weighted by atomic mass is 10.1. The molecule has 1 amide bonds. The monoisotopic (exact) mass is 239 g/mol. The van der Waals surface area contributed by atoms with Gasteiger partial charge in [0.1, 0.15) is 11.5 Å². The van der Waals surface area contributed by atoms with Crippen LogP contribution in [0, 0.1) is 5.82 Å². The van der Waals surface area contributed by atoms with E-state index in [4.69, 9.17) is 17.3 Å². The van der Waals surface area contributed by atoms with Gasteiger partial charge in [0.2, 0.25) is 0 Å². The van der Waals surface area contributed by atoms with Crippen LogP contribution in [-0.2, 0) is 0 Å². The molecule has 0 aliphatic rings. The molecule has 1 aromatic carbocycles. The first-order valence-electron chi connectivity index (χ1n) is 4.38. The average Bonchev–Trinajstić information content (AvgIpc) is 2.66. The summed E-state index contributed by atoms with van der Waals surface area (Å²) < 4.78 is 12.8. The highest BCUT2D eigenvalue weighted by molar-refractivity contribution is 6.33. The molecule has 1 heterocycles. The minimum absolute atomic E-state index is 0.176. The number of nitrogens with one attached hydrogen (secondary N) is 1. The molecular formula is C10H7ClFN3O. The van der Waals surface area contributed by atoms with Gasteiger partial charge in [-0.1, -0.05) is 11.6 Å². The van der Waals surface area contributed by atoms with E-state index >= 15 is 0 Å². The Labute approximate surface area is 95.2 Å². The van der Waals surface area contributed by atoms with Crippen LogP contribution >= 0.6 is 11.6 Å². The number of halogens is 2. The summed E-state index contributed by atoms with van der Waals surface area (Å²) in [6.07, 6.45) is 0. The van der Waals surface area contributed by atoms with Gasteiger partial charge in [-0.05, 0) is 24.3 Å². The lowest BCUT2D eigenvalue weighted by molar-refractivity contribution is 0.0995. The highest BCUT2D eigenvalue weighted by atomic mass is 35.5. The van der Waals surface area contributed by atoms with Crippen molar-refractivity contribution < 1.29 is 9.18 Å². The topological polar surface area (TPSA) is 71.8 Å². The minimum Gasteiger partial charge on any atom is -0.364 e. The van der Waals surface area contributed by atoms with Crippen molar-refractivity contribution in [1.82, 2.24) is 10.2 Å². The van der Waals surface area contributed by atoms with Crippen LogP contribution in [0.15, 0.2) is 24.3 Å². The molecule has 0 bridgehead atoms. The molecule has 82 valence electrons. The normalized spacial score (nSPS) is 10.4. The quantitative estimate of drug-likeness (QED) is 0.841. The summed E-state index contributed by atoms with van der Waals surface area (Å²) in [7, 11) is 0. The number of nitrogens with two attached hydrogens (primary N) is 1. The van der Waals surface area contributed by atoms with Crippen LogP contribution in [0.1, 0.15) is 10.5 Å². The Morgan fingerprint density at radius 2 is 2.19 bits per heavy atom. The molecular weight excluding hydrogens is 233 g/mol. The van der Waals surface area contributed by atoms with Gasteiger partial charge in [0.15, 0.2) is 0 Å². The van der Waals surface area contributed by atoms with E-state index in [0.717, 1.165) is 0 Å². The predicted octanol–water partition coefficient (Wildman–Crippen LogP) is 1.97. The second-order valence-corrected chi connectivity index (χ2v) is 3.56. The number of carbonyl (C=O) groups excluding carboxylic acids is 1. The molecule has 0 radical (unpaired) electrons. The maximum atomic E-state index is 12.8. The molecule has 6 heteroatoms. The molecule has 0 spiro atoms. The van der Waals surface area contributed by atoms with Gasteiger partial charge < -0.3 is 5.73 Å². The first kappa shape index (κ1) is 10.6. The summed E-state index contributed by atoms with van der Waals surface area (Å²) in [4.78, 5) is 10.8. The summed E-state index contributed by atoms with van der Waals surface area (Å²) in [5.41, 5.74) is 6.22. The molecule has 0 fully saturated rings. The molecule has 0 unspecified atom stereocenters. The molecule has 1 aromatic heterocycles. The van der Waals surface area contributed by atoms with Gasteiger partial charge in [0, 0.05) is 5.56 Å². The SMILES string of the molecule is NC(=O)c1cc(-c2ccc(F)cc2Cl)n[nH]1. The molecule has 16 heavy (non-hydrogen) atoms. The Bertz CT molecular complexity index is 553. The van der Waals surface area contributed by atoms with Crippen molar-refractivity contribution in [2.75, 3.05) is 0 Å². The van der Waals surface area contributed by atoms with E-state index in [-0.39, 0.29) is 10.7 Å². The third kappa shape index (κ3) is 1.90. The van der Waals surface area contributed by atoms with E-state index < -0.39 is 11.7 Å². The number of hydrogen-bond donors (Lipinski definition) is 2. The largest absolute Gasteiger partial charge is 0.364 e. The van der Waals surface area contributed by atoms with Crippen LogP contribution in [0.2, 0.25) is 5.02 Å². The van der Waals surface area contributed by atoms with Crippen LogP contribution in [0.3, 0.4) is 0 Å². The Morgan fingerprint density at radius 1 is 1.44 bits per heavy atom. The van der Waals surface area contributed by atoms with Crippen LogP contribution < -0.4 is 5.73 Å². The van der Waals surface area contributed by atoms with Crippen LogP contribution in [-0.4, -0.2) is 16.1 Å². The second kappa shape index (κ2) is 3.94. The fraction of sp³-hybridized carbons (Fsp3) is 0. The van der Waals surface area contributed by atoms with E-state index in [1.165, 1.54) is 24.3 Å². The molecule has 4 nitrogen and oxygen atoms in total. The van der Waals surface area contributed by atoms with Crippen LogP contribution in [0.25, 0.3) is 11.3 Å². The second-order valence-electron chi connectivity index (χ2n) is 3.16. The van der Waals surface area contributed by atoms with E-state index in [1.54, 1.807) is 0 Å². The number of benzene rings is 1. The highest BCUT2D eigenvalue weighted by Gasteiger charge is 2.10. The summed E-state index contributed by atoms with van der Waals surface area (Å²) >= 11 is 5.84. The van der Waals surface area contributed by atoms with Crippen molar-refractivity contribution in [2.24, 2.45) is 5.73 Å². The Kier molecular flexibility index (Phi) is 2.62. The Balaban J connectivity index is 2.46. The van der Waals surface area contributed by atoms with E-state index in [0.29, 0.717) is 11.3 Å². The van der Waals surface area contributed by atoms with E-state index in [9.17, 15) is 9.18 Å². The number of nitrogens with zero attached hydrogens (tertiary/aromatic N) is 1. The number of primary amides is 1. The number of amides is 1. The zero-order chi connectivity index (χ0) is 11.7.